The SMILES string of the molecule is Cn1cncc1CCc1nnc([C@@H]2CCCO[C@H]2C(C)(C)C)o1. The molecule has 2 aromatic rings. The summed E-state index contributed by atoms with van der Waals surface area (Å²) in [6.45, 7) is 7.43. The van der Waals surface area contributed by atoms with Gasteiger partial charge in [-0.15, -0.1) is 10.2 Å². The summed E-state index contributed by atoms with van der Waals surface area (Å²) in [4.78, 5) is 4.13. The van der Waals surface area contributed by atoms with Gasteiger partial charge in [0.1, 0.15) is 0 Å². The van der Waals surface area contributed by atoms with Gasteiger partial charge >= 0.3 is 0 Å². The summed E-state index contributed by atoms with van der Waals surface area (Å²) in [5, 5.41) is 8.54. The van der Waals surface area contributed by atoms with E-state index in [2.05, 4.69) is 36.0 Å². The number of ether oxygens (including phenoxy) is 1. The van der Waals surface area contributed by atoms with Crippen molar-refractivity contribution >= 4 is 0 Å². The summed E-state index contributed by atoms with van der Waals surface area (Å²) >= 11 is 0. The highest BCUT2D eigenvalue weighted by atomic mass is 16.5. The number of rotatable bonds is 4. The predicted octanol–water partition coefficient (Wildman–Crippen LogP) is 2.90. The van der Waals surface area contributed by atoms with Gasteiger partial charge in [-0.25, -0.2) is 4.98 Å². The summed E-state index contributed by atoms with van der Waals surface area (Å²) in [5.41, 5.74) is 1.23. The molecule has 1 fully saturated rings. The molecule has 0 spiro atoms. The second kappa shape index (κ2) is 6.43. The van der Waals surface area contributed by atoms with Crippen LogP contribution in [-0.4, -0.2) is 32.5 Å². The molecule has 1 aliphatic heterocycles. The third-order valence-electron chi connectivity index (χ3n) is 4.49. The first-order valence-corrected chi connectivity index (χ1v) is 8.34. The van der Waals surface area contributed by atoms with E-state index in [-0.39, 0.29) is 17.4 Å². The third kappa shape index (κ3) is 3.63. The van der Waals surface area contributed by atoms with Crippen molar-refractivity contribution < 1.29 is 9.15 Å². The number of imidazole rings is 1. The first kappa shape index (κ1) is 16.2. The van der Waals surface area contributed by atoms with Gasteiger partial charge in [-0.2, -0.15) is 0 Å². The van der Waals surface area contributed by atoms with E-state index in [1.807, 2.05) is 24.1 Å². The maximum atomic E-state index is 6.01. The number of aryl methyl sites for hydroxylation is 3. The summed E-state index contributed by atoms with van der Waals surface area (Å²) < 4.78 is 14.0. The zero-order valence-corrected chi connectivity index (χ0v) is 14.5. The minimum Gasteiger partial charge on any atom is -0.425 e. The van der Waals surface area contributed by atoms with Gasteiger partial charge in [-0.05, 0) is 24.7 Å². The molecule has 23 heavy (non-hydrogen) atoms. The Kier molecular flexibility index (Phi) is 4.53. The lowest BCUT2D eigenvalue weighted by molar-refractivity contribution is -0.0678. The van der Waals surface area contributed by atoms with Gasteiger partial charge < -0.3 is 13.7 Å². The molecule has 0 N–H and O–H groups in total. The van der Waals surface area contributed by atoms with Crippen molar-refractivity contribution in [2.45, 2.75) is 58.5 Å². The number of hydrogen-bond donors (Lipinski definition) is 0. The maximum Gasteiger partial charge on any atom is 0.222 e. The average molecular weight is 318 g/mol. The lowest BCUT2D eigenvalue weighted by atomic mass is 9.78. The van der Waals surface area contributed by atoms with Gasteiger partial charge in [0.2, 0.25) is 11.8 Å². The van der Waals surface area contributed by atoms with Gasteiger partial charge in [-0.3, -0.25) is 0 Å². The molecular formula is C17H26N4O2. The van der Waals surface area contributed by atoms with Crippen LogP contribution in [0.4, 0.5) is 0 Å². The summed E-state index contributed by atoms with van der Waals surface area (Å²) in [6.07, 6.45) is 7.49. The van der Waals surface area contributed by atoms with Crippen molar-refractivity contribution in [2.75, 3.05) is 6.61 Å². The number of nitrogens with zero attached hydrogens (tertiary/aromatic N) is 4. The first-order valence-electron chi connectivity index (χ1n) is 8.34. The van der Waals surface area contributed by atoms with E-state index in [0.717, 1.165) is 38.2 Å². The van der Waals surface area contributed by atoms with E-state index in [1.54, 1.807) is 0 Å². The molecule has 0 aliphatic carbocycles. The van der Waals surface area contributed by atoms with Crippen LogP contribution < -0.4 is 0 Å². The Morgan fingerprint density at radius 2 is 2.09 bits per heavy atom. The molecule has 6 nitrogen and oxygen atoms in total. The Morgan fingerprint density at radius 1 is 1.26 bits per heavy atom. The molecule has 0 bridgehead atoms. The topological polar surface area (TPSA) is 66.0 Å². The van der Waals surface area contributed by atoms with E-state index in [0.29, 0.717) is 5.89 Å². The van der Waals surface area contributed by atoms with Crippen molar-refractivity contribution in [2.24, 2.45) is 12.5 Å². The van der Waals surface area contributed by atoms with E-state index in [9.17, 15) is 0 Å². The molecule has 0 amide bonds. The minimum absolute atomic E-state index is 0.0639. The van der Waals surface area contributed by atoms with Crippen LogP contribution in [0.3, 0.4) is 0 Å². The van der Waals surface area contributed by atoms with Crippen LogP contribution in [0.1, 0.15) is 57.0 Å². The number of aromatic nitrogens is 4. The number of hydrogen-bond acceptors (Lipinski definition) is 5. The quantitative estimate of drug-likeness (QED) is 0.867. The maximum absolute atomic E-state index is 6.01. The van der Waals surface area contributed by atoms with Crippen LogP contribution in [-0.2, 0) is 24.6 Å². The largest absolute Gasteiger partial charge is 0.425 e. The molecule has 2 atom stereocenters. The molecular weight excluding hydrogens is 292 g/mol. The predicted molar refractivity (Wildman–Crippen MR) is 86.1 cm³/mol. The van der Waals surface area contributed by atoms with Crippen molar-refractivity contribution in [3.05, 3.63) is 30.0 Å². The minimum atomic E-state index is 0.0639. The highest BCUT2D eigenvalue weighted by Gasteiger charge is 2.39. The first-order chi connectivity index (χ1) is 10.9. The van der Waals surface area contributed by atoms with Gasteiger partial charge in [0.05, 0.1) is 18.3 Å². The van der Waals surface area contributed by atoms with E-state index >= 15 is 0 Å². The molecule has 0 radical (unpaired) electrons. The lowest BCUT2D eigenvalue weighted by Gasteiger charge is -2.38. The summed E-state index contributed by atoms with van der Waals surface area (Å²) in [7, 11) is 1.99. The second-order valence-electron chi connectivity index (χ2n) is 7.44. The normalized spacial score (nSPS) is 22.4. The van der Waals surface area contributed by atoms with E-state index < -0.39 is 0 Å². The molecule has 6 heteroatoms. The fourth-order valence-corrected chi connectivity index (χ4v) is 3.27. The second-order valence-corrected chi connectivity index (χ2v) is 7.44. The molecule has 0 aromatic carbocycles. The van der Waals surface area contributed by atoms with Crippen LogP contribution in [0.2, 0.25) is 0 Å². The molecule has 1 saturated heterocycles. The highest BCUT2D eigenvalue weighted by Crippen LogP contribution is 2.39. The molecule has 3 heterocycles. The molecule has 3 rings (SSSR count). The van der Waals surface area contributed by atoms with Gasteiger partial charge in [0.15, 0.2) is 0 Å². The fraction of sp³-hybridized carbons (Fsp3) is 0.706. The Hall–Kier alpha value is -1.69. The van der Waals surface area contributed by atoms with Crippen LogP contribution in [0.25, 0.3) is 0 Å². The van der Waals surface area contributed by atoms with E-state index in [1.165, 1.54) is 5.69 Å². The summed E-state index contributed by atoms with van der Waals surface area (Å²) in [5.74, 6) is 1.62. The van der Waals surface area contributed by atoms with Crippen molar-refractivity contribution in [1.29, 1.82) is 0 Å². The highest BCUT2D eigenvalue weighted by molar-refractivity contribution is 5.03. The standard InChI is InChI=1S/C17H26N4O2/c1-17(2,3)15-13(6-5-9-22-15)16-20-19-14(23-16)8-7-12-10-18-11-21(12)4/h10-11,13,15H,5-9H2,1-4H3/t13-,15-/m1/s1. The van der Waals surface area contributed by atoms with Gasteiger partial charge in [-0.1, -0.05) is 20.8 Å². The lowest BCUT2D eigenvalue weighted by Crippen LogP contribution is -2.38. The van der Waals surface area contributed by atoms with E-state index in [4.69, 9.17) is 9.15 Å². The van der Waals surface area contributed by atoms with Crippen molar-refractivity contribution in [3.8, 4) is 0 Å². The van der Waals surface area contributed by atoms with Crippen molar-refractivity contribution in [1.82, 2.24) is 19.7 Å². The molecule has 0 unspecified atom stereocenters. The Balaban J connectivity index is 1.69. The van der Waals surface area contributed by atoms with Crippen LogP contribution >= 0.6 is 0 Å². The monoisotopic (exact) mass is 318 g/mol. The van der Waals surface area contributed by atoms with Gasteiger partial charge in [0.25, 0.3) is 0 Å². The van der Waals surface area contributed by atoms with Crippen molar-refractivity contribution in [3.63, 3.8) is 0 Å². The zero-order valence-electron chi connectivity index (χ0n) is 14.5. The Bertz CT molecular complexity index is 641. The van der Waals surface area contributed by atoms with Crippen LogP contribution in [0.5, 0.6) is 0 Å². The molecule has 126 valence electrons. The van der Waals surface area contributed by atoms with Crippen LogP contribution in [0, 0.1) is 5.41 Å². The summed E-state index contributed by atoms with van der Waals surface area (Å²) in [6, 6.07) is 0. The molecule has 2 aromatic heterocycles. The third-order valence-corrected chi connectivity index (χ3v) is 4.49. The molecule has 0 saturated carbocycles. The van der Waals surface area contributed by atoms with Crippen LogP contribution in [0.15, 0.2) is 16.9 Å². The fourth-order valence-electron chi connectivity index (χ4n) is 3.27. The average Bonchev–Trinajstić information content (AvgIpc) is 3.13. The smallest absolute Gasteiger partial charge is 0.222 e. The Labute approximate surface area is 137 Å². The zero-order chi connectivity index (χ0) is 16.4. The van der Waals surface area contributed by atoms with Gasteiger partial charge in [0, 0.05) is 32.0 Å². The molecule has 1 aliphatic rings. The Morgan fingerprint density at radius 3 is 2.78 bits per heavy atom.